The second kappa shape index (κ2) is 11.7. The third kappa shape index (κ3) is 5.01. The molecule has 2 aliphatic heterocycles. The van der Waals surface area contributed by atoms with E-state index in [1.807, 2.05) is 12.1 Å². The summed E-state index contributed by atoms with van der Waals surface area (Å²) in [6, 6.07) is 21.2. The molecule has 2 heterocycles. The lowest BCUT2D eigenvalue weighted by Crippen LogP contribution is -2.69. The van der Waals surface area contributed by atoms with Gasteiger partial charge in [-0.3, -0.25) is 4.79 Å². The molecule has 228 valence electrons. The minimum Gasteiger partial charge on any atom is -0.455 e. The van der Waals surface area contributed by atoms with Crippen molar-refractivity contribution >= 4 is 24.7 Å². The van der Waals surface area contributed by atoms with E-state index in [-0.39, 0.29) is 42.3 Å². The van der Waals surface area contributed by atoms with Crippen LogP contribution < -0.4 is 10.4 Å². The lowest BCUT2D eigenvalue weighted by Gasteiger charge is -2.50. The number of rotatable bonds is 9. The summed E-state index contributed by atoms with van der Waals surface area (Å²) < 4.78 is 20.9. The smallest absolute Gasteiger partial charge is 0.303 e. The van der Waals surface area contributed by atoms with Gasteiger partial charge >= 0.3 is 5.97 Å². The molecule has 2 aromatic rings. The molecule has 0 unspecified atom stereocenters. The average Bonchev–Trinajstić information content (AvgIpc) is 3.45. The first-order chi connectivity index (χ1) is 19.9. The number of fused-ring (bicyclic) bond motifs is 2. The molecule has 42 heavy (non-hydrogen) atoms. The Morgan fingerprint density at radius 2 is 1.57 bits per heavy atom. The fourth-order valence-corrected chi connectivity index (χ4v) is 13.0. The highest BCUT2D eigenvalue weighted by Crippen LogP contribution is 2.62. The minimum absolute atomic E-state index is 0.0677. The van der Waals surface area contributed by atoms with E-state index in [2.05, 4.69) is 83.1 Å². The average molecular weight is 593 g/mol. The predicted octanol–water partition coefficient (Wildman–Crippen LogP) is 4.90. The van der Waals surface area contributed by atoms with Crippen molar-refractivity contribution in [3.05, 3.63) is 71.8 Å². The van der Waals surface area contributed by atoms with Crippen LogP contribution >= 0.6 is 0 Å². The van der Waals surface area contributed by atoms with Gasteiger partial charge in [0.2, 0.25) is 0 Å². The highest BCUT2D eigenvalue weighted by atomic mass is 28.4. The third-order valence-corrected chi connectivity index (χ3v) is 15.3. The molecular formula is C35H48O6Si. The van der Waals surface area contributed by atoms with Crippen LogP contribution in [0.5, 0.6) is 0 Å². The number of aliphatic hydroxyl groups is 2. The van der Waals surface area contributed by atoms with E-state index in [0.29, 0.717) is 6.42 Å². The van der Waals surface area contributed by atoms with Gasteiger partial charge in [-0.2, -0.15) is 0 Å². The molecule has 2 bridgehead atoms. The van der Waals surface area contributed by atoms with E-state index in [9.17, 15) is 15.0 Å². The molecule has 0 radical (unpaired) electrons. The van der Waals surface area contributed by atoms with Crippen LogP contribution in [0.25, 0.3) is 0 Å². The van der Waals surface area contributed by atoms with Crippen molar-refractivity contribution < 1.29 is 28.9 Å². The Labute approximate surface area is 252 Å². The zero-order chi connectivity index (χ0) is 30.3. The highest BCUT2D eigenvalue weighted by molar-refractivity contribution is 6.99. The first-order valence-corrected chi connectivity index (χ1v) is 17.4. The van der Waals surface area contributed by atoms with Crippen LogP contribution in [0.3, 0.4) is 0 Å². The Hall–Kier alpha value is -2.29. The van der Waals surface area contributed by atoms with Crippen LogP contribution in [-0.2, 0) is 18.7 Å². The lowest BCUT2D eigenvalue weighted by atomic mass is 9.60. The van der Waals surface area contributed by atoms with E-state index >= 15 is 0 Å². The molecule has 0 aromatic heterocycles. The number of aliphatic hydroxyl groups excluding tert-OH is 2. The zero-order valence-electron chi connectivity index (χ0n) is 26.1. The number of hydrogen-bond acceptors (Lipinski definition) is 6. The minimum atomic E-state index is -2.91. The second-order valence-corrected chi connectivity index (χ2v) is 18.3. The van der Waals surface area contributed by atoms with Gasteiger partial charge in [0.25, 0.3) is 8.32 Å². The molecule has 5 atom stereocenters. The topological polar surface area (TPSA) is 85.2 Å². The van der Waals surface area contributed by atoms with Crippen molar-refractivity contribution in [3.63, 3.8) is 0 Å². The van der Waals surface area contributed by atoms with Gasteiger partial charge in [-0.1, -0.05) is 95.3 Å². The van der Waals surface area contributed by atoms with E-state index in [0.717, 1.165) is 36.8 Å². The third-order valence-electron chi connectivity index (χ3n) is 10.2. The van der Waals surface area contributed by atoms with Crippen molar-refractivity contribution in [2.24, 2.45) is 11.3 Å². The first-order valence-electron chi connectivity index (χ1n) is 15.5. The maximum Gasteiger partial charge on any atom is 0.303 e. The van der Waals surface area contributed by atoms with E-state index in [1.54, 1.807) is 0 Å². The molecule has 1 aliphatic carbocycles. The van der Waals surface area contributed by atoms with Gasteiger partial charge in [0.05, 0.1) is 18.8 Å². The Morgan fingerprint density at radius 1 is 1.00 bits per heavy atom. The molecule has 0 spiro atoms. The van der Waals surface area contributed by atoms with Crippen LogP contribution in [-0.4, -0.2) is 61.6 Å². The fraction of sp³-hybridized carbons (Fsp3) is 0.571. The summed E-state index contributed by atoms with van der Waals surface area (Å²) in [6.45, 7) is 12.4. The Morgan fingerprint density at radius 3 is 2.07 bits per heavy atom. The Kier molecular flexibility index (Phi) is 8.64. The summed E-state index contributed by atoms with van der Waals surface area (Å²) in [5, 5.41) is 23.4. The number of benzene rings is 2. The summed E-state index contributed by atoms with van der Waals surface area (Å²) >= 11 is 0. The van der Waals surface area contributed by atoms with Crippen LogP contribution in [0.4, 0.5) is 0 Å². The van der Waals surface area contributed by atoms with Crippen LogP contribution in [0.1, 0.15) is 73.6 Å². The standard InChI is InChI=1S/C35H48O6Si/c1-24(38)39-31(28-20-14-13-15-25(28)22-36)35-21-29(32(40-35)34(5,6)30(35)23-37)41-42(33(2,3)4,26-16-9-7-10-17-26)27-18-11-8-12-19-27/h7-12,16-19,29-32,36-37H,13-15,20-23H2,1-6H3/t29-,30-,31-,32-,35+/m0/s1. The van der Waals surface area contributed by atoms with E-state index in [1.165, 1.54) is 17.3 Å². The fourth-order valence-electron chi connectivity index (χ4n) is 8.35. The summed E-state index contributed by atoms with van der Waals surface area (Å²) in [4.78, 5) is 12.6. The molecule has 3 aliphatic rings. The molecule has 2 fully saturated rings. The highest BCUT2D eigenvalue weighted by Gasteiger charge is 2.72. The van der Waals surface area contributed by atoms with Crippen molar-refractivity contribution in [3.8, 4) is 0 Å². The Balaban J connectivity index is 1.66. The normalized spacial score (nSPS) is 28.1. The van der Waals surface area contributed by atoms with Gasteiger partial charge in [0, 0.05) is 31.3 Å². The van der Waals surface area contributed by atoms with Gasteiger partial charge in [0.15, 0.2) is 6.10 Å². The molecule has 6 nitrogen and oxygen atoms in total. The van der Waals surface area contributed by atoms with Crippen molar-refractivity contribution in [2.45, 2.75) is 103 Å². The quantitative estimate of drug-likeness (QED) is 0.245. The van der Waals surface area contributed by atoms with Crippen molar-refractivity contribution in [1.82, 2.24) is 0 Å². The van der Waals surface area contributed by atoms with Gasteiger partial charge in [0.1, 0.15) is 5.60 Å². The van der Waals surface area contributed by atoms with Gasteiger partial charge < -0.3 is 24.1 Å². The van der Waals surface area contributed by atoms with Crippen molar-refractivity contribution in [1.29, 1.82) is 0 Å². The zero-order valence-corrected chi connectivity index (χ0v) is 27.1. The monoisotopic (exact) mass is 592 g/mol. The predicted molar refractivity (Wildman–Crippen MR) is 167 cm³/mol. The summed E-state index contributed by atoms with van der Waals surface area (Å²) in [7, 11) is -2.91. The first kappa shape index (κ1) is 31.1. The van der Waals surface area contributed by atoms with Crippen LogP contribution in [0.15, 0.2) is 71.8 Å². The maximum absolute atomic E-state index is 12.6. The number of esters is 1. The molecule has 0 amide bonds. The van der Waals surface area contributed by atoms with Crippen LogP contribution in [0, 0.1) is 11.3 Å². The number of hydrogen-bond donors (Lipinski definition) is 2. The number of carbonyl (C=O) groups is 1. The van der Waals surface area contributed by atoms with Gasteiger partial charge in [-0.15, -0.1) is 0 Å². The van der Waals surface area contributed by atoms with Gasteiger partial charge in [-0.25, -0.2) is 0 Å². The molecule has 5 rings (SSSR count). The van der Waals surface area contributed by atoms with Crippen LogP contribution in [0.2, 0.25) is 5.04 Å². The largest absolute Gasteiger partial charge is 0.455 e. The molecule has 2 N–H and O–H groups in total. The lowest BCUT2D eigenvalue weighted by molar-refractivity contribution is -0.164. The molecule has 0 saturated carbocycles. The molecular weight excluding hydrogens is 544 g/mol. The Bertz CT molecular complexity index is 1240. The molecule has 7 heteroatoms. The van der Waals surface area contributed by atoms with E-state index in [4.69, 9.17) is 13.9 Å². The second-order valence-electron chi connectivity index (χ2n) is 14.1. The SMILES string of the molecule is CC(=O)O[C@@H](C1=C(CO)CCCC1)[C@]12C[C@H](O[Si](c3ccccc3)(c3ccccc3)C(C)(C)C)[C@H](O1)C(C)(C)[C@@H]2CO. The molecule has 2 saturated heterocycles. The van der Waals surface area contributed by atoms with Crippen molar-refractivity contribution in [2.75, 3.05) is 13.2 Å². The summed E-state index contributed by atoms with van der Waals surface area (Å²) in [5.41, 5.74) is 0.480. The number of ether oxygens (including phenoxy) is 2. The maximum atomic E-state index is 12.6. The summed E-state index contributed by atoms with van der Waals surface area (Å²) in [5.74, 6) is -0.657. The number of carbonyl (C=O) groups excluding carboxylic acids is 1. The summed E-state index contributed by atoms with van der Waals surface area (Å²) in [6.07, 6.45) is 2.69. The van der Waals surface area contributed by atoms with E-state index < -0.39 is 25.4 Å². The van der Waals surface area contributed by atoms with Gasteiger partial charge in [-0.05, 0) is 52.2 Å². The molecule has 2 aromatic carbocycles.